The maximum atomic E-state index is 14.2. The first-order chi connectivity index (χ1) is 11.5. The summed E-state index contributed by atoms with van der Waals surface area (Å²) in [5, 5.41) is 11.2. The van der Waals surface area contributed by atoms with Crippen molar-refractivity contribution < 1.29 is 23.4 Å². The third-order valence-electron chi connectivity index (χ3n) is 3.72. The zero-order valence-corrected chi connectivity index (χ0v) is 13.7. The number of rotatable bonds is 4. The lowest BCUT2D eigenvalue weighted by Gasteiger charge is -2.13. The zero-order chi connectivity index (χ0) is 17.4. The van der Waals surface area contributed by atoms with Gasteiger partial charge >= 0.3 is 5.97 Å². The van der Waals surface area contributed by atoms with E-state index in [1.54, 1.807) is 6.92 Å². The van der Waals surface area contributed by atoms with Crippen molar-refractivity contribution in [1.29, 1.82) is 0 Å². The van der Waals surface area contributed by atoms with E-state index in [0.29, 0.717) is 27.8 Å². The number of thiophene rings is 1. The summed E-state index contributed by atoms with van der Waals surface area (Å²) in [4.78, 5) is 15.9. The van der Waals surface area contributed by atoms with E-state index < -0.39 is 17.6 Å². The van der Waals surface area contributed by atoms with Crippen LogP contribution in [0.5, 0.6) is 5.75 Å². The number of hydrogen-bond acceptors (Lipinski definition) is 4. The van der Waals surface area contributed by atoms with Crippen LogP contribution in [0.3, 0.4) is 0 Å². The average molecular weight is 349 g/mol. The number of ether oxygens (including phenoxy) is 1. The number of nitrogens with zero attached hydrogens (tertiary/aromatic N) is 1. The molecule has 0 saturated heterocycles. The van der Waals surface area contributed by atoms with E-state index in [9.17, 15) is 18.7 Å². The molecule has 0 atom stereocenters. The van der Waals surface area contributed by atoms with E-state index in [4.69, 9.17) is 4.74 Å². The SMILES string of the molecule is CCc1nc(C(=O)O)c(-c2ccc(F)cc2OC)c2scc(F)c12. The molecule has 124 valence electrons. The summed E-state index contributed by atoms with van der Waals surface area (Å²) in [7, 11) is 1.36. The fourth-order valence-electron chi connectivity index (χ4n) is 2.68. The van der Waals surface area contributed by atoms with E-state index in [1.807, 2.05) is 0 Å². The summed E-state index contributed by atoms with van der Waals surface area (Å²) in [6.07, 6.45) is 0.394. The monoisotopic (exact) mass is 349 g/mol. The number of carboxylic acid groups (broad SMARTS) is 1. The second kappa shape index (κ2) is 6.16. The van der Waals surface area contributed by atoms with Crippen LogP contribution in [-0.4, -0.2) is 23.2 Å². The minimum Gasteiger partial charge on any atom is -0.496 e. The van der Waals surface area contributed by atoms with E-state index in [2.05, 4.69) is 4.98 Å². The third kappa shape index (κ3) is 2.50. The number of carbonyl (C=O) groups is 1. The van der Waals surface area contributed by atoms with Crippen LogP contribution in [0.15, 0.2) is 23.6 Å². The molecule has 0 radical (unpaired) electrons. The fourth-order valence-corrected chi connectivity index (χ4v) is 3.67. The maximum absolute atomic E-state index is 14.2. The van der Waals surface area contributed by atoms with Gasteiger partial charge in [0.2, 0.25) is 0 Å². The molecule has 0 amide bonds. The molecule has 0 aliphatic carbocycles. The van der Waals surface area contributed by atoms with E-state index in [1.165, 1.54) is 24.6 Å². The lowest BCUT2D eigenvalue weighted by Crippen LogP contribution is -2.07. The van der Waals surface area contributed by atoms with Gasteiger partial charge in [-0.2, -0.15) is 0 Å². The number of hydrogen-bond donors (Lipinski definition) is 1. The standard InChI is InChI=1S/C17H13F2NO3S/c1-3-11-14-10(19)7-24-16(14)13(15(20-11)17(21)22)9-5-4-8(18)6-12(9)23-2/h4-7H,3H2,1-2H3,(H,21,22). The number of pyridine rings is 1. The molecule has 24 heavy (non-hydrogen) atoms. The Balaban J connectivity index is 2.47. The highest BCUT2D eigenvalue weighted by Crippen LogP contribution is 2.41. The quantitative estimate of drug-likeness (QED) is 0.753. The molecule has 0 fully saturated rings. The van der Waals surface area contributed by atoms with Crippen molar-refractivity contribution >= 4 is 27.4 Å². The van der Waals surface area contributed by atoms with E-state index in [0.717, 1.165) is 17.4 Å². The molecule has 4 nitrogen and oxygen atoms in total. The second-order valence-corrected chi connectivity index (χ2v) is 5.95. The van der Waals surface area contributed by atoms with Gasteiger partial charge in [0.1, 0.15) is 17.4 Å². The molecule has 3 rings (SSSR count). The lowest BCUT2D eigenvalue weighted by atomic mass is 9.99. The van der Waals surface area contributed by atoms with Gasteiger partial charge in [-0.05, 0) is 18.6 Å². The Morgan fingerprint density at radius 3 is 2.75 bits per heavy atom. The van der Waals surface area contributed by atoms with Gasteiger partial charge in [-0.1, -0.05) is 6.92 Å². The first-order valence-electron chi connectivity index (χ1n) is 7.14. The smallest absolute Gasteiger partial charge is 0.355 e. The van der Waals surface area contributed by atoms with Crippen LogP contribution in [0, 0.1) is 11.6 Å². The van der Waals surface area contributed by atoms with Crippen LogP contribution in [0.25, 0.3) is 21.2 Å². The molecule has 2 aromatic heterocycles. The number of carboxylic acids is 1. The van der Waals surface area contributed by atoms with E-state index in [-0.39, 0.29) is 17.0 Å². The predicted molar refractivity (Wildman–Crippen MR) is 87.9 cm³/mol. The highest BCUT2D eigenvalue weighted by atomic mass is 32.1. The summed E-state index contributed by atoms with van der Waals surface area (Å²) < 4.78 is 33.3. The molecule has 0 saturated carbocycles. The van der Waals surface area contributed by atoms with Crippen molar-refractivity contribution in [1.82, 2.24) is 4.98 Å². The summed E-state index contributed by atoms with van der Waals surface area (Å²) in [6, 6.07) is 3.78. The zero-order valence-electron chi connectivity index (χ0n) is 12.9. The highest BCUT2D eigenvalue weighted by molar-refractivity contribution is 7.17. The summed E-state index contributed by atoms with van der Waals surface area (Å²) in [5.74, 6) is -2.03. The Hall–Kier alpha value is -2.54. The Bertz CT molecular complexity index is 953. The first-order valence-corrected chi connectivity index (χ1v) is 8.02. The topological polar surface area (TPSA) is 59.4 Å². The molecule has 0 unspecified atom stereocenters. The van der Waals surface area contributed by atoms with Gasteiger partial charge in [0, 0.05) is 27.3 Å². The number of aromatic nitrogens is 1. The number of aryl methyl sites for hydroxylation is 1. The van der Waals surface area contributed by atoms with Crippen molar-refractivity contribution in [3.63, 3.8) is 0 Å². The van der Waals surface area contributed by atoms with Crippen LogP contribution >= 0.6 is 11.3 Å². The number of methoxy groups -OCH3 is 1. The van der Waals surface area contributed by atoms with Crippen molar-refractivity contribution in [2.45, 2.75) is 13.3 Å². The van der Waals surface area contributed by atoms with Gasteiger partial charge in [0.05, 0.1) is 18.2 Å². The summed E-state index contributed by atoms with van der Waals surface area (Å²) in [5.41, 5.74) is 0.774. The van der Waals surface area contributed by atoms with E-state index >= 15 is 0 Å². The molecule has 0 aliphatic heterocycles. The third-order valence-corrected chi connectivity index (χ3v) is 4.68. The summed E-state index contributed by atoms with van der Waals surface area (Å²) in [6.45, 7) is 1.78. The van der Waals surface area contributed by atoms with Gasteiger partial charge in [-0.15, -0.1) is 11.3 Å². The molecule has 7 heteroatoms. The Kier molecular flexibility index (Phi) is 4.19. The molecule has 0 bridgehead atoms. The lowest BCUT2D eigenvalue weighted by molar-refractivity contribution is 0.0691. The predicted octanol–water partition coefficient (Wildman–Crippen LogP) is 4.51. The van der Waals surface area contributed by atoms with Gasteiger partial charge in [0.25, 0.3) is 0 Å². The molecular weight excluding hydrogens is 336 g/mol. The highest BCUT2D eigenvalue weighted by Gasteiger charge is 2.25. The average Bonchev–Trinajstić information content (AvgIpc) is 2.95. The minimum absolute atomic E-state index is 0.165. The van der Waals surface area contributed by atoms with Crippen molar-refractivity contribution in [2.24, 2.45) is 0 Å². The maximum Gasteiger partial charge on any atom is 0.355 e. The van der Waals surface area contributed by atoms with Gasteiger partial charge in [0.15, 0.2) is 5.69 Å². The van der Waals surface area contributed by atoms with Crippen molar-refractivity contribution in [2.75, 3.05) is 7.11 Å². The number of aromatic carboxylic acids is 1. The van der Waals surface area contributed by atoms with Crippen LogP contribution in [0.1, 0.15) is 23.1 Å². The van der Waals surface area contributed by atoms with Crippen LogP contribution in [0.4, 0.5) is 8.78 Å². The molecule has 0 spiro atoms. The van der Waals surface area contributed by atoms with Crippen LogP contribution in [-0.2, 0) is 6.42 Å². The van der Waals surface area contributed by atoms with Gasteiger partial charge < -0.3 is 9.84 Å². The number of halogens is 2. The molecule has 0 aliphatic rings. The molecular formula is C17H13F2NO3S. The van der Waals surface area contributed by atoms with Gasteiger partial charge in [-0.25, -0.2) is 18.6 Å². The first kappa shape index (κ1) is 16.3. The van der Waals surface area contributed by atoms with Crippen LogP contribution < -0.4 is 4.74 Å². The minimum atomic E-state index is -1.23. The van der Waals surface area contributed by atoms with Gasteiger partial charge in [-0.3, -0.25) is 0 Å². The van der Waals surface area contributed by atoms with Crippen molar-refractivity contribution in [3.05, 3.63) is 46.6 Å². The Morgan fingerprint density at radius 2 is 2.12 bits per heavy atom. The normalized spacial score (nSPS) is 11.0. The second-order valence-electron chi connectivity index (χ2n) is 5.07. The molecule has 1 N–H and O–H groups in total. The number of benzene rings is 1. The summed E-state index contributed by atoms with van der Waals surface area (Å²) >= 11 is 1.09. The largest absolute Gasteiger partial charge is 0.496 e. The molecule has 3 aromatic rings. The number of fused-ring (bicyclic) bond motifs is 1. The molecule has 2 heterocycles. The Labute approximate surface area is 140 Å². The Morgan fingerprint density at radius 1 is 1.38 bits per heavy atom. The fraction of sp³-hybridized carbons (Fsp3) is 0.176. The van der Waals surface area contributed by atoms with Crippen molar-refractivity contribution in [3.8, 4) is 16.9 Å². The molecule has 1 aromatic carbocycles. The van der Waals surface area contributed by atoms with Crippen LogP contribution in [0.2, 0.25) is 0 Å².